The minimum absolute atomic E-state index is 0.137. The zero-order valence-corrected chi connectivity index (χ0v) is 43.8. The van der Waals surface area contributed by atoms with Gasteiger partial charge in [0.1, 0.15) is 45.5 Å². The van der Waals surface area contributed by atoms with Crippen LogP contribution in [0.5, 0.6) is 34.5 Å². The van der Waals surface area contributed by atoms with Gasteiger partial charge in [0.2, 0.25) is 0 Å². The van der Waals surface area contributed by atoms with Crippen molar-refractivity contribution in [3.8, 4) is 57.0 Å². The Kier molecular flexibility index (Phi) is 15.3. The molecule has 2 fully saturated rings. The van der Waals surface area contributed by atoms with Crippen LogP contribution in [0, 0.1) is 0 Å². The molecular weight excluding hydrogens is 1080 g/mol. The number of hydrogen-bond acceptors (Lipinski definition) is 17. The number of ether oxygens (including phenoxy) is 4. The van der Waals surface area contributed by atoms with E-state index >= 15 is 0 Å². The summed E-state index contributed by atoms with van der Waals surface area (Å²) in [6.45, 7) is -5.02. The fourth-order valence-corrected chi connectivity index (χ4v) is 9.82. The largest absolute Gasteiger partial charge is 0.454 e. The fourth-order valence-electron chi connectivity index (χ4n) is 9.82. The summed E-state index contributed by atoms with van der Waals surface area (Å²) in [5, 5.41) is 52.0. The van der Waals surface area contributed by atoms with E-state index in [1.54, 1.807) is 85.2 Å². The van der Waals surface area contributed by atoms with Crippen molar-refractivity contribution in [2.45, 2.75) is 63.2 Å². The summed E-state index contributed by atoms with van der Waals surface area (Å²) >= 11 is 0. The number of β-amino-alcohol motifs (C(OH)–C–C–N with tert-alkyl or cyclic N) is 1. The number of aromatic nitrogens is 14. The SMILES string of the molecule is CN1CC(O)C(n2cc(Oc3ccc(OC(F)F)c(-c4nn(C)cc4NC(=O)c4cnn5cccnc45)c3)cn2)C1.Cn1cc(NC(=O)c2cnn3cccnc23)c(-c2cc(Oc3cnn([C@H]4CCCC[C@@H]4O)c3)ccc2OC(F)F)n1. The number of nitrogens with one attached hydrogen (secondary N) is 2. The number of hydrogen-bond donors (Lipinski definition) is 4. The van der Waals surface area contributed by atoms with E-state index in [1.165, 1.54) is 79.6 Å². The number of amides is 2. The number of aliphatic hydroxyl groups is 2. The summed E-state index contributed by atoms with van der Waals surface area (Å²) in [4.78, 5) is 36.7. The van der Waals surface area contributed by atoms with E-state index in [-0.39, 0.29) is 68.6 Å². The number of rotatable bonds is 16. The van der Waals surface area contributed by atoms with Crippen molar-refractivity contribution in [3.63, 3.8) is 0 Å². The molecule has 2 aliphatic rings. The highest BCUT2D eigenvalue weighted by Crippen LogP contribution is 2.41. The molecule has 4 N–H and O–H groups in total. The Bertz CT molecular complexity index is 3680. The summed E-state index contributed by atoms with van der Waals surface area (Å²) in [7, 11) is 5.18. The molecule has 8 aromatic heterocycles. The number of aryl methyl sites for hydroxylation is 2. The van der Waals surface area contributed by atoms with Crippen molar-refractivity contribution in [1.82, 2.24) is 73.2 Å². The number of likely N-dealkylation sites (N-methyl/N-ethyl adjacent to an activating group) is 1. The number of aliphatic hydroxyl groups excluding tert-OH is 2. The highest BCUT2D eigenvalue weighted by atomic mass is 19.3. The maximum absolute atomic E-state index is 13.3. The maximum atomic E-state index is 13.3. The van der Waals surface area contributed by atoms with Gasteiger partial charge < -0.3 is 44.7 Å². The first-order chi connectivity index (χ1) is 39.6. The number of carbonyl (C=O) groups is 2. The second-order valence-electron chi connectivity index (χ2n) is 19.3. The first kappa shape index (κ1) is 54.2. The average molecular weight is 1130 g/mol. The van der Waals surface area contributed by atoms with Crippen molar-refractivity contribution in [2.75, 3.05) is 30.8 Å². The van der Waals surface area contributed by atoms with Gasteiger partial charge in [-0.2, -0.15) is 48.2 Å². The van der Waals surface area contributed by atoms with Crippen LogP contribution < -0.4 is 29.6 Å². The molecule has 2 aromatic carbocycles. The molecule has 2 amide bonds. The quantitative estimate of drug-likeness (QED) is 0.0693. The third kappa shape index (κ3) is 11.8. The predicted octanol–water partition coefficient (Wildman–Crippen LogP) is 7.27. The Morgan fingerprint density at radius 2 is 1.09 bits per heavy atom. The summed E-state index contributed by atoms with van der Waals surface area (Å²) in [6.07, 6.45) is 21.1. The molecule has 82 heavy (non-hydrogen) atoms. The van der Waals surface area contributed by atoms with Gasteiger partial charge in [-0.15, -0.1) is 0 Å². The number of alkyl halides is 4. The molecule has 9 heterocycles. The van der Waals surface area contributed by atoms with Crippen molar-refractivity contribution < 1.29 is 56.3 Å². The predicted molar refractivity (Wildman–Crippen MR) is 283 cm³/mol. The third-order valence-electron chi connectivity index (χ3n) is 13.5. The van der Waals surface area contributed by atoms with E-state index in [2.05, 4.69) is 51.2 Å². The van der Waals surface area contributed by atoms with Crippen molar-refractivity contribution in [2.24, 2.45) is 14.1 Å². The molecule has 29 heteroatoms. The lowest BCUT2D eigenvalue weighted by Gasteiger charge is -2.27. The van der Waals surface area contributed by atoms with Crippen LogP contribution in [-0.4, -0.2) is 141 Å². The number of fused-ring (bicyclic) bond motifs is 2. The smallest absolute Gasteiger partial charge is 0.387 e. The van der Waals surface area contributed by atoms with Gasteiger partial charge in [-0.25, -0.2) is 19.0 Å². The van der Waals surface area contributed by atoms with Crippen LogP contribution in [-0.2, 0) is 14.1 Å². The number of halogens is 4. The van der Waals surface area contributed by atoms with E-state index in [1.807, 2.05) is 11.9 Å². The van der Waals surface area contributed by atoms with Crippen LogP contribution in [0.3, 0.4) is 0 Å². The van der Waals surface area contributed by atoms with E-state index in [4.69, 9.17) is 18.9 Å². The molecule has 4 atom stereocenters. The number of anilines is 2. The monoisotopic (exact) mass is 1130 g/mol. The van der Waals surface area contributed by atoms with Gasteiger partial charge in [0.05, 0.1) is 84.0 Å². The van der Waals surface area contributed by atoms with Crippen LogP contribution in [0.1, 0.15) is 58.5 Å². The third-order valence-corrected chi connectivity index (χ3v) is 13.5. The lowest BCUT2D eigenvalue weighted by atomic mass is 9.93. The summed E-state index contributed by atoms with van der Waals surface area (Å²) in [6, 6.07) is 11.6. The second kappa shape index (κ2) is 23.2. The molecule has 12 rings (SSSR count). The van der Waals surface area contributed by atoms with Gasteiger partial charge in [0.25, 0.3) is 11.8 Å². The molecule has 1 saturated carbocycles. The van der Waals surface area contributed by atoms with Crippen LogP contribution in [0.25, 0.3) is 33.8 Å². The van der Waals surface area contributed by atoms with Gasteiger partial charge >= 0.3 is 13.2 Å². The summed E-state index contributed by atoms with van der Waals surface area (Å²) < 4.78 is 84.0. The lowest BCUT2D eigenvalue weighted by molar-refractivity contribution is -0.0501. The van der Waals surface area contributed by atoms with Crippen LogP contribution >= 0.6 is 0 Å². The number of nitrogens with zero attached hydrogens (tertiary/aromatic N) is 15. The van der Waals surface area contributed by atoms with Crippen LogP contribution in [0.4, 0.5) is 28.9 Å². The standard InChI is InChI=1S/C27H26F2N8O4.C26H25F2N9O4/c1-35-15-20(33-26(39)19-13-32-36-10-4-9-30-25(19)36)24(34-35)18-11-16(7-8-23(18)41-27(28)29)40-17-12-31-37(14-17)21-5-2-3-6-22(21)38;1-34-13-20(21(38)14-34)37-11-16(9-30-37)40-15-4-5-22(41-26(27)28)17(8-15)23-19(12-35(2)33-23)32-25(39)18-10-31-36-7-3-6-29-24(18)36/h4,7-15,21-22,27,38H,2-3,5-6H2,1H3,(H,33,39);3-12,20-21,26,38H,13-14H2,1-2H3,(H,32,39)/t21-,22-;/m0./s1. The van der Waals surface area contributed by atoms with Crippen molar-refractivity contribution in [1.29, 1.82) is 0 Å². The molecule has 1 aliphatic carbocycles. The molecule has 1 saturated heterocycles. The zero-order valence-electron chi connectivity index (χ0n) is 43.8. The Morgan fingerprint density at radius 3 is 1.55 bits per heavy atom. The normalized spacial score (nSPS) is 17.3. The molecule has 2 unspecified atom stereocenters. The molecule has 424 valence electrons. The first-order valence-corrected chi connectivity index (χ1v) is 25.5. The molecule has 0 spiro atoms. The minimum atomic E-state index is -3.10. The second-order valence-corrected chi connectivity index (χ2v) is 19.3. The van der Waals surface area contributed by atoms with Gasteiger partial charge in [-0.3, -0.25) is 28.3 Å². The Labute approximate surface area is 461 Å². The van der Waals surface area contributed by atoms with Crippen molar-refractivity contribution in [3.05, 3.63) is 134 Å². The van der Waals surface area contributed by atoms with Crippen molar-refractivity contribution >= 4 is 34.5 Å². The molecule has 1 aliphatic heterocycles. The first-order valence-electron chi connectivity index (χ1n) is 25.5. The van der Waals surface area contributed by atoms with E-state index in [0.29, 0.717) is 53.8 Å². The fraction of sp³-hybridized carbons (Fsp3) is 0.283. The number of benzene rings is 2. The number of carbonyl (C=O) groups excluding carboxylic acids is 2. The Balaban J connectivity index is 0.000000172. The summed E-state index contributed by atoms with van der Waals surface area (Å²) in [5.41, 5.74) is 2.35. The topological polar surface area (TPSA) is 270 Å². The highest BCUT2D eigenvalue weighted by molar-refractivity contribution is 6.10. The Hall–Kier alpha value is -9.74. The van der Waals surface area contributed by atoms with Gasteiger partial charge in [0.15, 0.2) is 22.8 Å². The van der Waals surface area contributed by atoms with E-state index in [9.17, 15) is 37.4 Å². The summed E-state index contributed by atoms with van der Waals surface area (Å²) in [5.74, 6) is 0.0620. The van der Waals surface area contributed by atoms with Gasteiger partial charge in [-0.05, 0) is 68.4 Å². The lowest BCUT2D eigenvalue weighted by Crippen LogP contribution is -2.27. The van der Waals surface area contributed by atoms with Gasteiger partial charge in [0, 0.05) is 64.4 Å². The van der Waals surface area contributed by atoms with E-state index in [0.717, 1.165) is 19.3 Å². The molecule has 0 bridgehead atoms. The zero-order chi connectivity index (χ0) is 57.2. The number of likely N-dealkylation sites (tertiary alicyclic amines) is 1. The molecule has 0 radical (unpaired) electrons. The minimum Gasteiger partial charge on any atom is -0.454 e. The molecule has 25 nitrogen and oxygen atoms in total. The maximum Gasteiger partial charge on any atom is 0.387 e. The van der Waals surface area contributed by atoms with Crippen LogP contribution in [0.15, 0.2) is 123 Å². The van der Waals surface area contributed by atoms with Crippen LogP contribution in [0.2, 0.25) is 0 Å². The average Bonchev–Trinajstić information content (AvgIpc) is 4.41. The van der Waals surface area contributed by atoms with Gasteiger partial charge in [-0.1, -0.05) is 12.8 Å². The Morgan fingerprint density at radius 1 is 0.598 bits per heavy atom. The van der Waals surface area contributed by atoms with E-state index < -0.39 is 37.2 Å². The highest BCUT2D eigenvalue weighted by Gasteiger charge is 2.32. The molecular formula is C53H51F4N17O8. The molecule has 10 aromatic rings.